The van der Waals surface area contributed by atoms with Crippen LogP contribution in [0.3, 0.4) is 0 Å². The number of likely N-dealkylation sites (tertiary alicyclic amines) is 1. The number of carbonyl (C=O) groups excluding carboxylic acids is 1. The van der Waals surface area contributed by atoms with Gasteiger partial charge in [0.05, 0.1) is 16.3 Å². The normalized spacial score (nSPS) is 15.3. The van der Waals surface area contributed by atoms with Gasteiger partial charge in [-0.3, -0.25) is 4.79 Å². The highest BCUT2D eigenvalue weighted by Crippen LogP contribution is 2.30. The molecule has 0 bridgehead atoms. The van der Waals surface area contributed by atoms with Crippen LogP contribution in [0.2, 0.25) is 0 Å². The molecule has 1 aromatic carbocycles. The van der Waals surface area contributed by atoms with E-state index in [1.165, 1.54) is 43.7 Å². The van der Waals surface area contributed by atoms with Crippen LogP contribution in [0.25, 0.3) is 15.9 Å². The minimum absolute atomic E-state index is 0.0221. The highest BCUT2D eigenvalue weighted by Gasteiger charge is 2.17. The fraction of sp³-hybridized carbons (Fsp3) is 0.429. The number of nitrogens with zero attached hydrogens (tertiary/aromatic N) is 3. The monoisotopic (exact) mass is 382 g/mol. The zero-order chi connectivity index (χ0) is 18.6. The molecule has 0 aliphatic carbocycles. The average Bonchev–Trinajstić information content (AvgIpc) is 3.27. The van der Waals surface area contributed by atoms with Crippen LogP contribution in [0.1, 0.15) is 41.0 Å². The number of aryl methyl sites for hydroxylation is 1. The van der Waals surface area contributed by atoms with Gasteiger partial charge in [0.15, 0.2) is 0 Å². The first-order chi connectivity index (χ1) is 13.2. The standard InChI is InChI=1S/C21H26N4OS/c1-16-18-15-19(20(26)22-11-8-14-24-12-6-3-7-13-24)27-21(18)25(23-16)17-9-4-2-5-10-17/h2,4-5,9-10,15H,3,6-8,11-14H2,1H3,(H,22,26). The van der Waals surface area contributed by atoms with Gasteiger partial charge in [0.1, 0.15) is 4.83 Å². The maximum atomic E-state index is 12.6. The Labute approximate surface area is 164 Å². The number of carbonyl (C=O) groups is 1. The molecular weight excluding hydrogens is 356 g/mol. The summed E-state index contributed by atoms with van der Waals surface area (Å²) < 4.78 is 1.93. The minimum atomic E-state index is 0.0221. The SMILES string of the molecule is Cc1nn(-c2ccccc2)c2sc(C(=O)NCCCN3CCCCC3)cc12. The molecule has 3 heterocycles. The van der Waals surface area contributed by atoms with E-state index in [9.17, 15) is 4.79 Å². The molecule has 2 aromatic heterocycles. The number of aromatic nitrogens is 2. The second kappa shape index (κ2) is 8.23. The van der Waals surface area contributed by atoms with Gasteiger partial charge >= 0.3 is 0 Å². The van der Waals surface area contributed by atoms with E-state index < -0.39 is 0 Å². The van der Waals surface area contributed by atoms with Gasteiger partial charge in [-0.1, -0.05) is 24.6 Å². The topological polar surface area (TPSA) is 50.2 Å². The first kappa shape index (κ1) is 18.2. The fourth-order valence-corrected chi connectivity index (χ4v) is 4.78. The lowest BCUT2D eigenvalue weighted by Gasteiger charge is -2.26. The lowest BCUT2D eigenvalue weighted by Crippen LogP contribution is -2.33. The fourth-order valence-electron chi connectivity index (χ4n) is 3.68. The molecule has 1 amide bonds. The van der Waals surface area contributed by atoms with E-state index in [0.717, 1.165) is 46.0 Å². The number of nitrogens with one attached hydrogen (secondary N) is 1. The van der Waals surface area contributed by atoms with Crippen molar-refractivity contribution in [2.45, 2.75) is 32.6 Å². The Kier molecular flexibility index (Phi) is 5.55. The largest absolute Gasteiger partial charge is 0.351 e. The van der Waals surface area contributed by atoms with Crippen molar-refractivity contribution in [3.63, 3.8) is 0 Å². The van der Waals surface area contributed by atoms with Crippen LogP contribution in [-0.4, -0.2) is 46.8 Å². The molecule has 1 N–H and O–H groups in total. The molecule has 1 aliphatic rings. The Morgan fingerprint density at radius 3 is 2.74 bits per heavy atom. The van der Waals surface area contributed by atoms with Crippen molar-refractivity contribution in [2.75, 3.05) is 26.2 Å². The first-order valence-electron chi connectivity index (χ1n) is 9.77. The molecule has 1 saturated heterocycles. The van der Waals surface area contributed by atoms with Crippen molar-refractivity contribution in [2.24, 2.45) is 0 Å². The van der Waals surface area contributed by atoms with Gasteiger partial charge in [-0.25, -0.2) is 4.68 Å². The van der Waals surface area contributed by atoms with E-state index in [1.54, 1.807) is 0 Å². The van der Waals surface area contributed by atoms with Gasteiger partial charge in [-0.05, 0) is 64.0 Å². The second-order valence-corrected chi connectivity index (χ2v) is 8.20. The summed E-state index contributed by atoms with van der Waals surface area (Å²) in [5.41, 5.74) is 1.97. The molecule has 0 saturated carbocycles. The Hall–Kier alpha value is -2.18. The van der Waals surface area contributed by atoms with Crippen molar-refractivity contribution in [1.82, 2.24) is 20.0 Å². The first-order valence-corrected chi connectivity index (χ1v) is 10.6. The lowest BCUT2D eigenvalue weighted by molar-refractivity contribution is 0.0955. The molecule has 0 atom stereocenters. The van der Waals surface area contributed by atoms with Crippen molar-refractivity contribution in [1.29, 1.82) is 0 Å². The van der Waals surface area contributed by atoms with Crippen LogP contribution in [0, 0.1) is 6.92 Å². The van der Waals surface area contributed by atoms with E-state index in [-0.39, 0.29) is 5.91 Å². The number of para-hydroxylation sites is 1. The number of rotatable bonds is 6. The van der Waals surface area contributed by atoms with E-state index in [2.05, 4.69) is 15.3 Å². The molecule has 4 rings (SSSR count). The number of hydrogen-bond acceptors (Lipinski definition) is 4. The molecule has 142 valence electrons. The molecule has 6 heteroatoms. The third-order valence-corrected chi connectivity index (χ3v) is 6.26. The number of piperidine rings is 1. The number of benzene rings is 1. The van der Waals surface area contributed by atoms with Crippen LogP contribution >= 0.6 is 11.3 Å². The summed E-state index contributed by atoms with van der Waals surface area (Å²) in [5, 5.41) is 8.78. The second-order valence-electron chi connectivity index (χ2n) is 7.17. The Morgan fingerprint density at radius 1 is 1.19 bits per heavy atom. The Balaban J connectivity index is 1.40. The highest BCUT2D eigenvalue weighted by molar-refractivity contribution is 7.20. The summed E-state index contributed by atoms with van der Waals surface area (Å²) in [6, 6.07) is 12.0. The minimum Gasteiger partial charge on any atom is -0.351 e. The highest BCUT2D eigenvalue weighted by atomic mass is 32.1. The molecule has 5 nitrogen and oxygen atoms in total. The third kappa shape index (κ3) is 4.06. The van der Waals surface area contributed by atoms with E-state index in [4.69, 9.17) is 0 Å². The van der Waals surface area contributed by atoms with Crippen LogP contribution in [0.5, 0.6) is 0 Å². The van der Waals surface area contributed by atoms with Gasteiger partial charge in [-0.15, -0.1) is 11.3 Å². The van der Waals surface area contributed by atoms with Crippen molar-refractivity contribution >= 4 is 27.5 Å². The third-order valence-electron chi connectivity index (χ3n) is 5.15. The smallest absolute Gasteiger partial charge is 0.261 e. The van der Waals surface area contributed by atoms with E-state index in [0.29, 0.717) is 0 Å². The summed E-state index contributed by atoms with van der Waals surface area (Å²) >= 11 is 1.51. The molecule has 0 radical (unpaired) electrons. The zero-order valence-electron chi connectivity index (χ0n) is 15.8. The maximum absolute atomic E-state index is 12.6. The van der Waals surface area contributed by atoms with Gasteiger partial charge in [-0.2, -0.15) is 5.10 Å². The van der Waals surface area contributed by atoms with Crippen molar-refractivity contribution in [3.8, 4) is 5.69 Å². The van der Waals surface area contributed by atoms with E-state index in [1.807, 2.05) is 48.0 Å². The molecule has 1 aliphatic heterocycles. The number of hydrogen-bond donors (Lipinski definition) is 1. The van der Waals surface area contributed by atoms with Crippen LogP contribution < -0.4 is 5.32 Å². The molecule has 27 heavy (non-hydrogen) atoms. The summed E-state index contributed by atoms with van der Waals surface area (Å²) in [6.45, 7) is 6.22. The van der Waals surface area contributed by atoms with Crippen molar-refractivity contribution < 1.29 is 4.79 Å². The molecule has 3 aromatic rings. The average molecular weight is 383 g/mol. The number of thiophene rings is 1. The van der Waals surface area contributed by atoms with Crippen molar-refractivity contribution in [3.05, 3.63) is 47.0 Å². The summed E-state index contributed by atoms with van der Waals surface area (Å²) in [4.78, 5) is 16.9. The molecule has 0 unspecified atom stereocenters. The lowest BCUT2D eigenvalue weighted by atomic mass is 10.1. The quantitative estimate of drug-likeness (QED) is 0.656. The Morgan fingerprint density at radius 2 is 1.96 bits per heavy atom. The molecule has 1 fully saturated rings. The van der Waals surface area contributed by atoms with Crippen LogP contribution in [0.15, 0.2) is 36.4 Å². The van der Waals surface area contributed by atoms with Gasteiger partial charge in [0.25, 0.3) is 5.91 Å². The Bertz CT molecular complexity index is 909. The van der Waals surface area contributed by atoms with Crippen LogP contribution in [-0.2, 0) is 0 Å². The van der Waals surface area contributed by atoms with Gasteiger partial charge in [0, 0.05) is 11.9 Å². The van der Waals surface area contributed by atoms with Gasteiger partial charge < -0.3 is 10.2 Å². The maximum Gasteiger partial charge on any atom is 0.261 e. The summed E-state index contributed by atoms with van der Waals surface area (Å²) in [7, 11) is 0. The zero-order valence-corrected chi connectivity index (χ0v) is 16.6. The molecule has 0 spiro atoms. The number of amides is 1. The van der Waals surface area contributed by atoms with Crippen LogP contribution in [0.4, 0.5) is 0 Å². The van der Waals surface area contributed by atoms with Gasteiger partial charge in [0.2, 0.25) is 0 Å². The predicted octanol–water partition coefficient (Wildman–Crippen LogP) is 4.00. The molecular formula is C21H26N4OS. The number of fused-ring (bicyclic) bond motifs is 1. The van der Waals surface area contributed by atoms with E-state index >= 15 is 0 Å². The summed E-state index contributed by atoms with van der Waals surface area (Å²) in [5.74, 6) is 0.0221. The summed E-state index contributed by atoms with van der Waals surface area (Å²) in [6.07, 6.45) is 4.99. The predicted molar refractivity (Wildman–Crippen MR) is 111 cm³/mol.